The molecule has 4 N–H and O–H groups in total. The Bertz CT molecular complexity index is 558. The summed E-state index contributed by atoms with van der Waals surface area (Å²) in [7, 11) is 0. The van der Waals surface area contributed by atoms with Crippen molar-refractivity contribution in [3.63, 3.8) is 0 Å². The highest BCUT2D eigenvalue weighted by Crippen LogP contribution is 2.30. The summed E-state index contributed by atoms with van der Waals surface area (Å²) < 4.78 is 6.21. The van der Waals surface area contributed by atoms with Gasteiger partial charge in [0.2, 0.25) is 0 Å². The summed E-state index contributed by atoms with van der Waals surface area (Å²) in [5.41, 5.74) is 4.97. The number of nitrogen functional groups attached to an aromatic ring is 1. The molecule has 0 amide bonds. The Morgan fingerprint density at radius 1 is 1.56 bits per heavy atom. The van der Waals surface area contributed by atoms with Crippen LogP contribution in [0, 0.1) is 21.9 Å². The van der Waals surface area contributed by atoms with E-state index in [1.165, 1.54) is 0 Å². The molecule has 0 saturated carbocycles. The number of nitrogens with zero attached hydrogens (tertiary/aromatic N) is 1. The standard InChI is InChI=1S/C12H16N4OS/c1-6(2)10-3-7-8(4-13)12(18)15-11(16-14)9(7)5-17-10/h6,10H,3,5,14H2,1-2H3,(H2,15,16,18). The van der Waals surface area contributed by atoms with Gasteiger partial charge in [-0.25, -0.2) is 5.84 Å². The predicted octanol–water partition coefficient (Wildman–Crippen LogP) is 2.00. The van der Waals surface area contributed by atoms with E-state index in [2.05, 4.69) is 30.3 Å². The number of aromatic nitrogens is 1. The molecule has 0 bridgehead atoms. The van der Waals surface area contributed by atoms with E-state index in [1.807, 2.05) is 0 Å². The van der Waals surface area contributed by atoms with Gasteiger partial charge in [0.25, 0.3) is 0 Å². The van der Waals surface area contributed by atoms with Gasteiger partial charge in [0.15, 0.2) is 0 Å². The number of hydrazine groups is 1. The Morgan fingerprint density at radius 2 is 2.28 bits per heavy atom. The molecule has 18 heavy (non-hydrogen) atoms. The van der Waals surface area contributed by atoms with Crippen molar-refractivity contribution < 1.29 is 4.74 Å². The molecule has 2 rings (SSSR count). The third kappa shape index (κ3) is 2.12. The average molecular weight is 264 g/mol. The van der Waals surface area contributed by atoms with E-state index in [1.54, 1.807) is 0 Å². The van der Waals surface area contributed by atoms with Crippen molar-refractivity contribution in [3.8, 4) is 6.07 Å². The topological polar surface area (TPSA) is 86.9 Å². The van der Waals surface area contributed by atoms with Crippen LogP contribution in [0.4, 0.5) is 5.82 Å². The second kappa shape index (κ2) is 5.06. The third-order valence-corrected chi connectivity index (χ3v) is 3.59. The van der Waals surface area contributed by atoms with Crippen LogP contribution in [0.3, 0.4) is 0 Å². The second-order valence-corrected chi connectivity index (χ2v) is 5.12. The first-order chi connectivity index (χ1) is 8.58. The van der Waals surface area contributed by atoms with E-state index in [-0.39, 0.29) is 6.10 Å². The van der Waals surface area contributed by atoms with Crippen LogP contribution in [0.1, 0.15) is 30.5 Å². The first-order valence-electron chi connectivity index (χ1n) is 5.84. The lowest BCUT2D eigenvalue weighted by molar-refractivity contribution is -0.000212. The first-order valence-corrected chi connectivity index (χ1v) is 6.25. The highest BCUT2D eigenvalue weighted by Gasteiger charge is 2.27. The second-order valence-electron chi connectivity index (χ2n) is 4.71. The van der Waals surface area contributed by atoms with E-state index in [0.29, 0.717) is 35.0 Å². The Morgan fingerprint density at radius 3 is 2.83 bits per heavy atom. The zero-order valence-corrected chi connectivity index (χ0v) is 11.2. The largest absolute Gasteiger partial charge is 0.373 e. The maximum Gasteiger partial charge on any atom is 0.124 e. The fourth-order valence-corrected chi connectivity index (χ4v) is 2.47. The van der Waals surface area contributed by atoms with Crippen molar-refractivity contribution >= 4 is 18.0 Å². The first kappa shape index (κ1) is 13.0. The number of fused-ring (bicyclic) bond motifs is 1. The quantitative estimate of drug-likeness (QED) is 0.432. The van der Waals surface area contributed by atoms with E-state index in [9.17, 15) is 5.26 Å². The van der Waals surface area contributed by atoms with Crippen LogP contribution < -0.4 is 11.3 Å². The van der Waals surface area contributed by atoms with Crippen LogP contribution in [-0.4, -0.2) is 11.1 Å². The summed E-state index contributed by atoms with van der Waals surface area (Å²) in [5.74, 6) is 6.50. The maximum absolute atomic E-state index is 9.23. The summed E-state index contributed by atoms with van der Waals surface area (Å²) >= 11 is 5.18. The smallest absolute Gasteiger partial charge is 0.124 e. The normalized spacial score (nSPS) is 18.3. The fourth-order valence-electron chi connectivity index (χ4n) is 2.19. The molecule has 96 valence electrons. The molecule has 0 aromatic carbocycles. The van der Waals surface area contributed by atoms with Crippen LogP contribution in [0.2, 0.25) is 0 Å². The Balaban J connectivity index is 2.57. The van der Waals surface area contributed by atoms with Gasteiger partial charge in [-0.05, 0) is 11.5 Å². The third-order valence-electron chi connectivity index (χ3n) is 3.28. The van der Waals surface area contributed by atoms with Gasteiger partial charge < -0.3 is 15.1 Å². The summed E-state index contributed by atoms with van der Waals surface area (Å²) in [6.45, 7) is 4.65. The Hall–Kier alpha value is -1.42. The molecule has 0 saturated heterocycles. The molecule has 1 aromatic heterocycles. The summed E-state index contributed by atoms with van der Waals surface area (Å²) in [4.78, 5) is 2.92. The number of hydrogen-bond acceptors (Lipinski definition) is 5. The van der Waals surface area contributed by atoms with E-state index < -0.39 is 0 Å². The molecule has 2 heterocycles. The van der Waals surface area contributed by atoms with Crippen LogP contribution in [0.15, 0.2) is 0 Å². The lowest BCUT2D eigenvalue weighted by Gasteiger charge is -2.29. The zero-order valence-electron chi connectivity index (χ0n) is 10.4. The number of pyridine rings is 1. The zero-order chi connectivity index (χ0) is 13.3. The van der Waals surface area contributed by atoms with Gasteiger partial charge in [0.05, 0.1) is 18.3 Å². The lowest BCUT2D eigenvalue weighted by Crippen LogP contribution is -2.29. The molecule has 1 unspecified atom stereocenters. The minimum atomic E-state index is 0.118. The number of nitrogens with one attached hydrogen (secondary N) is 2. The molecule has 0 fully saturated rings. The Kier molecular flexibility index (Phi) is 3.66. The van der Waals surface area contributed by atoms with Gasteiger partial charge in [-0.2, -0.15) is 5.26 Å². The number of aromatic amines is 1. The summed E-state index contributed by atoms with van der Waals surface area (Å²) in [6.07, 6.45) is 0.815. The van der Waals surface area contributed by atoms with E-state index in [4.69, 9.17) is 22.8 Å². The SMILES string of the molecule is CC(C)C1Cc2c(c(NN)[nH]c(=S)c2C#N)CO1. The minimum absolute atomic E-state index is 0.118. The molecule has 0 radical (unpaired) electrons. The van der Waals surface area contributed by atoms with Gasteiger partial charge in [-0.3, -0.25) is 0 Å². The molecule has 0 spiro atoms. The van der Waals surface area contributed by atoms with Crippen molar-refractivity contribution in [2.24, 2.45) is 11.8 Å². The van der Waals surface area contributed by atoms with Gasteiger partial charge in [-0.15, -0.1) is 0 Å². The van der Waals surface area contributed by atoms with Crippen molar-refractivity contribution in [1.82, 2.24) is 4.98 Å². The van der Waals surface area contributed by atoms with Crippen molar-refractivity contribution in [1.29, 1.82) is 5.26 Å². The monoisotopic (exact) mass is 264 g/mol. The number of rotatable bonds is 2. The number of H-pyrrole nitrogens is 1. The molecular formula is C12H16N4OS. The molecule has 1 aliphatic heterocycles. The molecule has 1 aliphatic rings. The molecule has 6 heteroatoms. The van der Waals surface area contributed by atoms with E-state index in [0.717, 1.165) is 11.1 Å². The average Bonchev–Trinajstić information content (AvgIpc) is 2.37. The molecule has 1 aromatic rings. The molecule has 5 nitrogen and oxygen atoms in total. The molecule has 1 atom stereocenters. The van der Waals surface area contributed by atoms with Gasteiger partial charge in [0, 0.05) is 12.0 Å². The van der Waals surface area contributed by atoms with Gasteiger partial charge in [0.1, 0.15) is 16.5 Å². The van der Waals surface area contributed by atoms with Crippen LogP contribution >= 0.6 is 12.2 Å². The van der Waals surface area contributed by atoms with Gasteiger partial charge >= 0.3 is 0 Å². The number of ether oxygens (including phenoxy) is 1. The van der Waals surface area contributed by atoms with Gasteiger partial charge in [-0.1, -0.05) is 26.1 Å². The number of anilines is 1. The van der Waals surface area contributed by atoms with Crippen LogP contribution in [0.5, 0.6) is 0 Å². The van der Waals surface area contributed by atoms with Crippen LogP contribution in [-0.2, 0) is 17.8 Å². The lowest BCUT2D eigenvalue weighted by atomic mass is 9.91. The fraction of sp³-hybridized carbons (Fsp3) is 0.500. The maximum atomic E-state index is 9.23. The van der Waals surface area contributed by atoms with Crippen LogP contribution in [0.25, 0.3) is 0 Å². The minimum Gasteiger partial charge on any atom is -0.373 e. The predicted molar refractivity (Wildman–Crippen MR) is 71.3 cm³/mol. The number of nitrogens with two attached hydrogens (primary N) is 1. The highest BCUT2D eigenvalue weighted by atomic mass is 32.1. The van der Waals surface area contributed by atoms with E-state index >= 15 is 0 Å². The van der Waals surface area contributed by atoms with Crippen molar-refractivity contribution in [3.05, 3.63) is 21.3 Å². The summed E-state index contributed by atoms with van der Waals surface area (Å²) in [6, 6.07) is 2.17. The van der Waals surface area contributed by atoms with Crippen molar-refractivity contribution in [2.75, 3.05) is 5.43 Å². The van der Waals surface area contributed by atoms with Crippen molar-refractivity contribution in [2.45, 2.75) is 33.0 Å². The Labute approximate surface area is 111 Å². The molecular weight excluding hydrogens is 248 g/mol. The number of nitriles is 1. The molecule has 0 aliphatic carbocycles. The number of hydrogen-bond donors (Lipinski definition) is 3. The summed E-state index contributed by atoms with van der Waals surface area (Å²) in [5, 5.41) is 9.23. The highest BCUT2D eigenvalue weighted by molar-refractivity contribution is 7.71.